The fourth-order valence-corrected chi connectivity index (χ4v) is 4.46. The molecule has 1 aliphatic rings. The second kappa shape index (κ2) is 11.8. The van der Waals surface area contributed by atoms with Crippen LogP contribution >= 0.6 is 12.6 Å². The molecular formula is C25H29F3N4O3S. The molecule has 1 aliphatic heterocycles. The zero-order chi connectivity index (χ0) is 26.5. The zero-order valence-corrected chi connectivity index (χ0v) is 20.8. The number of amides is 1. The minimum atomic E-state index is -4.75. The highest BCUT2D eigenvalue weighted by Gasteiger charge is 2.34. The van der Waals surface area contributed by atoms with Crippen LogP contribution in [-0.4, -0.2) is 62.5 Å². The Balaban J connectivity index is 1.58. The average molecular weight is 523 g/mol. The number of carbonyl (C=O) groups is 1. The number of halogens is 3. The normalized spacial score (nSPS) is 14.9. The van der Waals surface area contributed by atoms with E-state index in [1.165, 1.54) is 12.1 Å². The summed E-state index contributed by atoms with van der Waals surface area (Å²) in [6, 6.07) is 4.51. The fourth-order valence-electron chi connectivity index (χ4n) is 4.26. The van der Waals surface area contributed by atoms with Crippen LogP contribution in [0.2, 0.25) is 0 Å². The molecule has 0 atom stereocenters. The largest absolute Gasteiger partial charge is 0.494 e. The van der Waals surface area contributed by atoms with Crippen molar-refractivity contribution in [1.82, 2.24) is 14.4 Å². The minimum absolute atomic E-state index is 0.0985. The van der Waals surface area contributed by atoms with Crippen LogP contribution in [0.5, 0.6) is 11.8 Å². The van der Waals surface area contributed by atoms with E-state index in [1.54, 1.807) is 17.9 Å². The summed E-state index contributed by atoms with van der Waals surface area (Å²) in [7, 11) is 0. The van der Waals surface area contributed by atoms with Gasteiger partial charge >= 0.3 is 6.18 Å². The molecule has 1 saturated heterocycles. The van der Waals surface area contributed by atoms with Gasteiger partial charge in [-0.05, 0) is 50.9 Å². The van der Waals surface area contributed by atoms with Gasteiger partial charge in [0.15, 0.2) is 0 Å². The third-order valence-electron chi connectivity index (χ3n) is 6.36. The van der Waals surface area contributed by atoms with Gasteiger partial charge in [-0.1, -0.05) is 31.2 Å². The van der Waals surface area contributed by atoms with Crippen LogP contribution in [0.25, 0.3) is 11.8 Å². The molecule has 0 saturated carbocycles. The van der Waals surface area contributed by atoms with E-state index in [2.05, 4.69) is 17.5 Å². The third kappa shape index (κ3) is 6.36. The van der Waals surface area contributed by atoms with Crippen LogP contribution in [-0.2, 0) is 6.18 Å². The van der Waals surface area contributed by atoms with E-state index in [0.29, 0.717) is 24.2 Å². The Morgan fingerprint density at radius 2 is 1.83 bits per heavy atom. The first kappa shape index (κ1) is 27.5. The molecule has 194 valence electrons. The van der Waals surface area contributed by atoms with Gasteiger partial charge in [-0.2, -0.15) is 18.4 Å². The lowest BCUT2D eigenvalue weighted by Gasteiger charge is -2.33. The average Bonchev–Trinajstić information content (AvgIpc) is 3.05. The Morgan fingerprint density at radius 1 is 1.14 bits per heavy atom. The zero-order valence-electron chi connectivity index (χ0n) is 19.9. The molecule has 3 rings (SSSR count). The van der Waals surface area contributed by atoms with E-state index in [1.807, 2.05) is 6.08 Å². The molecule has 0 bridgehead atoms. The van der Waals surface area contributed by atoms with Crippen LogP contribution in [0.4, 0.5) is 18.0 Å². The molecule has 2 aromatic rings. The quantitative estimate of drug-likeness (QED) is 0.322. The predicted molar refractivity (Wildman–Crippen MR) is 133 cm³/mol. The first-order chi connectivity index (χ1) is 17.0. The topological polar surface area (TPSA) is 92.7 Å². The molecule has 7 nitrogen and oxygen atoms in total. The van der Waals surface area contributed by atoms with E-state index in [9.17, 15) is 28.2 Å². The summed E-state index contributed by atoms with van der Waals surface area (Å²) in [5.41, 5.74) is -1.12. The standard InChI is InChI=1S/C25H29F3N4O3S/c1-17-20(7-5-3-2-4-6-10-30-11-13-31(14-12-30)24(35)36)23(34)32(22(17)33)19-9-8-18(16-29)21(15-19)25(26,27)28/h5,7-9,15,33-34H,2-4,6,10-14H2,1H3,(H,35,36). The molecule has 2 heterocycles. The van der Waals surface area contributed by atoms with E-state index in [0.717, 1.165) is 62.0 Å². The number of allylic oxidation sites excluding steroid dienone is 1. The molecule has 0 spiro atoms. The van der Waals surface area contributed by atoms with Gasteiger partial charge in [0.2, 0.25) is 11.8 Å². The first-order valence-electron chi connectivity index (χ1n) is 11.7. The summed E-state index contributed by atoms with van der Waals surface area (Å²) in [4.78, 5) is 15.3. The van der Waals surface area contributed by atoms with Crippen molar-refractivity contribution in [2.75, 3.05) is 32.7 Å². The Bertz CT molecular complexity index is 1160. The Kier molecular flexibility index (Phi) is 8.98. The molecular weight excluding hydrogens is 493 g/mol. The highest BCUT2D eigenvalue weighted by molar-refractivity contribution is 7.96. The van der Waals surface area contributed by atoms with Crippen molar-refractivity contribution >= 4 is 23.9 Å². The number of rotatable bonds is 8. The number of benzene rings is 1. The van der Waals surface area contributed by atoms with Gasteiger partial charge in [0, 0.05) is 37.3 Å². The molecule has 0 aliphatic carbocycles. The summed E-state index contributed by atoms with van der Waals surface area (Å²) in [5.74, 6) is -0.748. The van der Waals surface area contributed by atoms with Crippen molar-refractivity contribution in [2.24, 2.45) is 0 Å². The molecule has 2 N–H and O–H groups in total. The number of piperazine rings is 1. The second-order valence-electron chi connectivity index (χ2n) is 8.72. The number of thiol groups is 1. The van der Waals surface area contributed by atoms with Gasteiger partial charge in [0.1, 0.15) is 0 Å². The fraction of sp³-hybridized carbons (Fsp3) is 0.440. The number of unbranched alkanes of at least 4 members (excludes halogenated alkanes) is 3. The lowest BCUT2D eigenvalue weighted by atomic mass is 10.1. The molecule has 1 fully saturated rings. The number of hydrogen-bond donors (Lipinski definition) is 3. The van der Waals surface area contributed by atoms with Gasteiger partial charge in [-0.3, -0.25) is 14.3 Å². The van der Waals surface area contributed by atoms with Crippen LogP contribution in [0, 0.1) is 18.3 Å². The second-order valence-corrected chi connectivity index (χ2v) is 9.11. The smallest absolute Gasteiger partial charge is 0.417 e. The summed E-state index contributed by atoms with van der Waals surface area (Å²) >= 11 is 3.85. The summed E-state index contributed by atoms with van der Waals surface area (Å²) < 4.78 is 41.0. The Morgan fingerprint density at radius 3 is 2.44 bits per heavy atom. The van der Waals surface area contributed by atoms with Crippen LogP contribution in [0.15, 0.2) is 24.3 Å². The maximum Gasteiger partial charge on any atom is 0.417 e. The van der Waals surface area contributed by atoms with E-state index >= 15 is 0 Å². The van der Waals surface area contributed by atoms with Gasteiger partial charge in [-0.15, -0.1) is 0 Å². The number of aromatic hydroxyl groups is 2. The molecule has 1 aromatic carbocycles. The van der Waals surface area contributed by atoms with Crippen molar-refractivity contribution in [1.29, 1.82) is 5.26 Å². The molecule has 1 amide bonds. The number of carbonyl (C=O) groups excluding carboxylic acids is 1. The maximum absolute atomic E-state index is 13.3. The number of alkyl halides is 3. The maximum atomic E-state index is 13.3. The number of nitriles is 1. The molecule has 0 unspecified atom stereocenters. The molecule has 1 aromatic heterocycles. The van der Waals surface area contributed by atoms with Gasteiger partial charge in [-0.25, -0.2) is 0 Å². The van der Waals surface area contributed by atoms with Gasteiger partial charge in [0.05, 0.1) is 22.9 Å². The van der Waals surface area contributed by atoms with E-state index in [4.69, 9.17) is 5.26 Å². The van der Waals surface area contributed by atoms with Crippen molar-refractivity contribution in [3.63, 3.8) is 0 Å². The lowest BCUT2D eigenvalue weighted by Crippen LogP contribution is -2.47. The van der Waals surface area contributed by atoms with E-state index < -0.39 is 17.3 Å². The monoisotopic (exact) mass is 522 g/mol. The van der Waals surface area contributed by atoms with Crippen LogP contribution < -0.4 is 0 Å². The Labute approximate surface area is 213 Å². The summed E-state index contributed by atoms with van der Waals surface area (Å²) in [6.07, 6.45) is 2.44. The molecule has 36 heavy (non-hydrogen) atoms. The first-order valence-corrected chi connectivity index (χ1v) is 12.1. The number of nitrogens with zero attached hydrogens (tertiary/aromatic N) is 4. The van der Waals surface area contributed by atoms with Crippen molar-refractivity contribution in [2.45, 2.75) is 38.8 Å². The molecule has 0 radical (unpaired) electrons. The van der Waals surface area contributed by atoms with Crippen LogP contribution in [0.3, 0.4) is 0 Å². The summed E-state index contributed by atoms with van der Waals surface area (Å²) in [5, 5.41) is 30.0. The summed E-state index contributed by atoms with van der Waals surface area (Å²) in [6.45, 7) is 5.60. The number of aromatic nitrogens is 1. The third-order valence-corrected chi connectivity index (χ3v) is 6.65. The van der Waals surface area contributed by atoms with Crippen molar-refractivity contribution in [3.8, 4) is 23.5 Å². The van der Waals surface area contributed by atoms with Crippen molar-refractivity contribution < 1.29 is 28.2 Å². The van der Waals surface area contributed by atoms with Gasteiger partial charge in [0.25, 0.3) is 5.24 Å². The van der Waals surface area contributed by atoms with Crippen molar-refractivity contribution in [3.05, 3.63) is 46.5 Å². The van der Waals surface area contributed by atoms with Crippen LogP contribution in [0.1, 0.15) is 47.9 Å². The lowest BCUT2D eigenvalue weighted by molar-refractivity contribution is -0.137. The van der Waals surface area contributed by atoms with Gasteiger partial charge < -0.3 is 15.1 Å². The number of hydrogen-bond acceptors (Lipinski definition) is 5. The Hall–Kier alpha value is -3.10. The minimum Gasteiger partial charge on any atom is -0.494 e. The van der Waals surface area contributed by atoms with E-state index in [-0.39, 0.29) is 22.7 Å². The highest BCUT2D eigenvalue weighted by atomic mass is 32.1. The SMILES string of the molecule is Cc1c(C=CCCCCCN2CCN(C(=O)S)CC2)c(O)n(-c2ccc(C#N)c(C(F)(F)F)c2)c1O. The predicted octanol–water partition coefficient (Wildman–Crippen LogP) is 5.33. The highest BCUT2D eigenvalue weighted by Crippen LogP contribution is 2.39. The molecule has 11 heteroatoms.